The fourth-order valence-electron chi connectivity index (χ4n) is 2.38. The van der Waals surface area contributed by atoms with Crippen molar-refractivity contribution in [2.24, 2.45) is 0 Å². The van der Waals surface area contributed by atoms with E-state index >= 15 is 0 Å². The lowest BCUT2D eigenvalue weighted by atomic mass is 9.88. The number of carbonyl (C=O) groups excluding carboxylic acids is 1. The minimum Gasteiger partial charge on any atom is -0.504 e. The van der Waals surface area contributed by atoms with Crippen LogP contribution in [0, 0.1) is 0 Å². The molecule has 0 atom stereocenters. The number of anilines is 1. The summed E-state index contributed by atoms with van der Waals surface area (Å²) in [6.45, 7) is 1.38. The summed E-state index contributed by atoms with van der Waals surface area (Å²) >= 11 is 0. The van der Waals surface area contributed by atoms with Crippen LogP contribution in [0.2, 0.25) is 0 Å². The SMILES string of the molecule is CC(=O)C1=C(OB(F)F)c2ccc(N(C)C)cc2CC1. The molecule has 0 fully saturated rings. The fraction of sp³-hybridized carbons (Fsp3) is 0.357. The first-order chi connectivity index (χ1) is 9.40. The van der Waals surface area contributed by atoms with Crippen LogP contribution in [-0.4, -0.2) is 27.3 Å². The van der Waals surface area contributed by atoms with Gasteiger partial charge >= 0.3 is 7.47 Å². The molecule has 0 radical (unpaired) electrons. The van der Waals surface area contributed by atoms with Crippen LogP contribution in [-0.2, 0) is 15.9 Å². The van der Waals surface area contributed by atoms with Crippen LogP contribution >= 0.6 is 0 Å². The number of fused-ring (bicyclic) bond motifs is 1. The molecule has 0 aliphatic heterocycles. The van der Waals surface area contributed by atoms with Crippen LogP contribution in [0.4, 0.5) is 14.3 Å². The highest BCUT2D eigenvalue weighted by molar-refractivity contribution is 6.36. The van der Waals surface area contributed by atoms with Gasteiger partial charge in [0.05, 0.1) is 0 Å². The van der Waals surface area contributed by atoms with E-state index in [-0.39, 0.29) is 11.5 Å². The first kappa shape index (κ1) is 14.6. The van der Waals surface area contributed by atoms with Gasteiger partial charge in [-0.05, 0) is 43.5 Å². The number of ketones is 1. The molecule has 0 bridgehead atoms. The van der Waals surface area contributed by atoms with E-state index in [0.717, 1.165) is 11.3 Å². The molecular formula is C14H16BF2NO2. The molecule has 0 saturated heterocycles. The molecule has 3 nitrogen and oxygen atoms in total. The Hall–Kier alpha value is -1.85. The number of allylic oxidation sites excluding steroid dienone is 1. The largest absolute Gasteiger partial charge is 0.796 e. The van der Waals surface area contributed by atoms with Crippen LogP contribution in [0.1, 0.15) is 24.5 Å². The van der Waals surface area contributed by atoms with E-state index in [2.05, 4.69) is 4.65 Å². The predicted molar refractivity (Wildman–Crippen MR) is 75.7 cm³/mol. The molecule has 0 aromatic heterocycles. The van der Waals surface area contributed by atoms with Gasteiger partial charge in [-0.1, -0.05) is 0 Å². The van der Waals surface area contributed by atoms with Gasteiger partial charge in [-0.3, -0.25) is 4.79 Å². The summed E-state index contributed by atoms with van der Waals surface area (Å²) in [7, 11) is 0.898. The number of benzene rings is 1. The second kappa shape index (κ2) is 5.65. The maximum absolute atomic E-state index is 12.6. The molecule has 0 unspecified atom stereocenters. The van der Waals surface area contributed by atoms with Gasteiger partial charge in [0.1, 0.15) is 5.76 Å². The third kappa shape index (κ3) is 2.84. The van der Waals surface area contributed by atoms with Crippen molar-refractivity contribution in [3.8, 4) is 0 Å². The number of Topliss-reactive ketones (excluding diaryl/α,β-unsaturated/α-hetero) is 1. The fourth-order valence-corrected chi connectivity index (χ4v) is 2.38. The Balaban J connectivity index is 2.51. The first-order valence-corrected chi connectivity index (χ1v) is 6.39. The lowest BCUT2D eigenvalue weighted by Gasteiger charge is -2.24. The van der Waals surface area contributed by atoms with Crippen molar-refractivity contribution < 1.29 is 18.1 Å². The number of nitrogens with zero attached hydrogens (tertiary/aromatic N) is 1. The highest BCUT2D eigenvalue weighted by Gasteiger charge is 2.28. The Morgan fingerprint density at radius 2 is 2.00 bits per heavy atom. The molecule has 20 heavy (non-hydrogen) atoms. The molecule has 0 saturated carbocycles. The van der Waals surface area contributed by atoms with Gasteiger partial charge in [-0.25, -0.2) is 8.63 Å². The monoisotopic (exact) mass is 279 g/mol. The van der Waals surface area contributed by atoms with Crippen molar-refractivity contribution >= 4 is 24.7 Å². The maximum atomic E-state index is 12.6. The highest BCUT2D eigenvalue weighted by Crippen LogP contribution is 2.35. The average Bonchev–Trinajstić information content (AvgIpc) is 2.37. The molecule has 1 aliphatic carbocycles. The second-order valence-corrected chi connectivity index (χ2v) is 4.98. The Kier molecular flexibility index (Phi) is 4.11. The average molecular weight is 279 g/mol. The quantitative estimate of drug-likeness (QED) is 0.794. The Bertz CT molecular complexity index is 570. The molecule has 1 aromatic rings. The summed E-state index contributed by atoms with van der Waals surface area (Å²) in [5, 5.41) is 0. The molecule has 2 rings (SSSR count). The summed E-state index contributed by atoms with van der Waals surface area (Å²) in [6, 6.07) is 5.52. The topological polar surface area (TPSA) is 29.5 Å². The summed E-state index contributed by atoms with van der Waals surface area (Å²) in [4.78, 5) is 13.5. The first-order valence-electron chi connectivity index (χ1n) is 6.39. The number of halogens is 2. The van der Waals surface area contributed by atoms with Gasteiger partial charge < -0.3 is 9.55 Å². The normalized spacial score (nSPS) is 13.8. The van der Waals surface area contributed by atoms with Crippen molar-refractivity contribution in [3.63, 3.8) is 0 Å². The van der Waals surface area contributed by atoms with Gasteiger partial charge in [0.15, 0.2) is 5.78 Å². The Labute approximate surface area is 117 Å². The predicted octanol–water partition coefficient (Wildman–Crippen LogP) is 2.94. The number of aryl methyl sites for hydroxylation is 1. The second-order valence-electron chi connectivity index (χ2n) is 4.98. The lowest BCUT2D eigenvalue weighted by Crippen LogP contribution is -2.17. The molecule has 0 spiro atoms. The molecule has 106 valence electrons. The third-order valence-electron chi connectivity index (χ3n) is 3.40. The summed E-state index contributed by atoms with van der Waals surface area (Å²) < 4.78 is 29.8. The Morgan fingerprint density at radius 3 is 2.55 bits per heavy atom. The molecule has 1 aromatic carbocycles. The molecule has 0 amide bonds. The van der Waals surface area contributed by atoms with Gasteiger partial charge in [-0.15, -0.1) is 0 Å². The van der Waals surface area contributed by atoms with Gasteiger partial charge in [-0.2, -0.15) is 0 Å². The van der Waals surface area contributed by atoms with E-state index in [4.69, 9.17) is 0 Å². The van der Waals surface area contributed by atoms with Crippen LogP contribution in [0.3, 0.4) is 0 Å². The molecule has 0 N–H and O–H groups in total. The maximum Gasteiger partial charge on any atom is 0.796 e. The molecule has 1 aliphatic rings. The van der Waals surface area contributed by atoms with Crippen molar-refractivity contribution in [1.29, 1.82) is 0 Å². The standard InChI is InChI=1S/C14H16BF2NO2/c1-9(19)12-6-4-10-8-11(18(2)3)5-7-13(10)14(12)20-15(16)17/h5,7-8H,4,6H2,1-3H3. The van der Waals surface area contributed by atoms with E-state index in [1.54, 1.807) is 6.07 Å². The lowest BCUT2D eigenvalue weighted by molar-refractivity contribution is -0.113. The van der Waals surface area contributed by atoms with Crippen LogP contribution < -0.4 is 4.90 Å². The van der Waals surface area contributed by atoms with E-state index in [1.807, 2.05) is 31.1 Å². The molecule has 6 heteroatoms. The zero-order valence-electron chi connectivity index (χ0n) is 11.7. The minimum absolute atomic E-state index is 0.0269. The van der Waals surface area contributed by atoms with E-state index < -0.39 is 7.47 Å². The van der Waals surface area contributed by atoms with Gasteiger partial charge in [0.2, 0.25) is 0 Å². The Morgan fingerprint density at radius 1 is 1.30 bits per heavy atom. The number of carbonyl (C=O) groups is 1. The third-order valence-corrected chi connectivity index (χ3v) is 3.40. The van der Waals surface area contributed by atoms with E-state index in [0.29, 0.717) is 24.0 Å². The summed E-state index contributed by atoms with van der Waals surface area (Å²) in [6.07, 6.45) is 1.09. The zero-order valence-corrected chi connectivity index (χ0v) is 11.7. The van der Waals surface area contributed by atoms with Gasteiger partial charge in [0, 0.05) is 30.9 Å². The van der Waals surface area contributed by atoms with Gasteiger partial charge in [0.25, 0.3) is 0 Å². The number of rotatable bonds is 4. The smallest absolute Gasteiger partial charge is 0.504 e. The van der Waals surface area contributed by atoms with Crippen LogP contribution in [0.5, 0.6) is 0 Å². The van der Waals surface area contributed by atoms with Crippen molar-refractivity contribution in [3.05, 3.63) is 34.9 Å². The highest BCUT2D eigenvalue weighted by atomic mass is 19.2. The number of hydrogen-bond acceptors (Lipinski definition) is 3. The van der Waals surface area contributed by atoms with Crippen molar-refractivity contribution in [1.82, 2.24) is 0 Å². The summed E-state index contributed by atoms with van der Waals surface area (Å²) in [5.41, 5.74) is 2.85. The number of hydrogen-bond donors (Lipinski definition) is 0. The minimum atomic E-state index is -2.93. The molecule has 0 heterocycles. The molecular weight excluding hydrogens is 263 g/mol. The van der Waals surface area contributed by atoms with Crippen LogP contribution in [0.25, 0.3) is 5.76 Å². The van der Waals surface area contributed by atoms with E-state index in [1.165, 1.54) is 6.92 Å². The van der Waals surface area contributed by atoms with Crippen molar-refractivity contribution in [2.45, 2.75) is 19.8 Å². The zero-order chi connectivity index (χ0) is 14.9. The van der Waals surface area contributed by atoms with Crippen LogP contribution in [0.15, 0.2) is 23.8 Å². The summed E-state index contributed by atoms with van der Waals surface area (Å²) in [5.74, 6) is -0.193. The van der Waals surface area contributed by atoms with Crippen molar-refractivity contribution in [2.75, 3.05) is 19.0 Å². The van der Waals surface area contributed by atoms with E-state index in [9.17, 15) is 13.4 Å².